The second kappa shape index (κ2) is 9.29. The molecule has 6 rings (SSSR count). The smallest absolute Gasteiger partial charge is 0.229 e. The fraction of sp³-hybridized carbons (Fsp3) is 0.0645. The van der Waals surface area contributed by atoms with E-state index >= 15 is 0 Å². The van der Waals surface area contributed by atoms with Crippen molar-refractivity contribution in [2.45, 2.75) is 6.92 Å². The number of nitrogens with zero attached hydrogens (tertiary/aromatic N) is 2. The molecule has 0 saturated carbocycles. The fourth-order valence-electron chi connectivity index (χ4n) is 4.74. The molecule has 5 aromatic carbocycles. The molecule has 0 N–H and O–H groups in total. The van der Waals surface area contributed by atoms with Gasteiger partial charge in [0.05, 0.1) is 7.05 Å². The molecule has 1 radical (unpaired) electrons. The normalized spacial score (nSPS) is 11.0. The van der Waals surface area contributed by atoms with Gasteiger partial charge in [0, 0.05) is 38.1 Å². The van der Waals surface area contributed by atoms with E-state index in [2.05, 4.69) is 120 Å². The Morgan fingerprint density at radius 2 is 1.50 bits per heavy atom. The van der Waals surface area contributed by atoms with Crippen LogP contribution < -0.4 is 4.57 Å². The molecule has 0 amide bonds. The minimum Gasteiger partial charge on any atom is -0.258 e. The number of benzene rings is 5. The van der Waals surface area contributed by atoms with Crippen LogP contribution in [-0.2, 0) is 39.8 Å². The first-order valence-corrected chi connectivity index (χ1v) is 11.2. The van der Waals surface area contributed by atoms with Gasteiger partial charge in [0.2, 0.25) is 5.82 Å². The summed E-state index contributed by atoms with van der Waals surface area (Å²) in [6, 6.07) is 43.2. The molecule has 34 heavy (non-hydrogen) atoms. The molecule has 0 saturated heterocycles. The van der Waals surface area contributed by atoms with Crippen LogP contribution in [0.2, 0.25) is 0 Å². The molecular weight excluding hydrogens is 489 g/mol. The van der Waals surface area contributed by atoms with Crippen LogP contribution in [0, 0.1) is 19.1 Å². The van der Waals surface area contributed by atoms with Gasteiger partial charge in [-0.25, -0.2) is 10.1 Å². The summed E-state index contributed by atoms with van der Waals surface area (Å²) in [5, 5.41) is 2.48. The Morgan fingerprint density at radius 1 is 0.735 bits per heavy atom. The third-order valence-corrected chi connectivity index (χ3v) is 6.39. The minimum atomic E-state index is 0. The van der Waals surface area contributed by atoms with Gasteiger partial charge in [-0.05, 0) is 41.3 Å². The van der Waals surface area contributed by atoms with E-state index in [1.807, 2.05) is 18.2 Å². The van der Waals surface area contributed by atoms with Crippen LogP contribution >= 0.6 is 0 Å². The monoisotopic (exact) mass is 512 g/mol. The first-order chi connectivity index (χ1) is 16.2. The van der Waals surface area contributed by atoms with E-state index in [1.165, 1.54) is 27.4 Å². The van der Waals surface area contributed by atoms with Crippen molar-refractivity contribution < 1.29 is 37.3 Å². The molecule has 1 heterocycles. The van der Waals surface area contributed by atoms with Gasteiger partial charge in [-0.3, -0.25) is 4.57 Å². The van der Waals surface area contributed by atoms with Crippen molar-refractivity contribution >= 4 is 21.8 Å². The van der Waals surface area contributed by atoms with E-state index in [4.69, 9.17) is 0 Å². The Morgan fingerprint density at radius 3 is 2.29 bits per heavy atom. The van der Waals surface area contributed by atoms with Gasteiger partial charge in [-0.1, -0.05) is 43.3 Å². The summed E-state index contributed by atoms with van der Waals surface area (Å²) in [4.78, 5) is 0. The molecule has 0 aliphatic heterocycles. The van der Waals surface area contributed by atoms with Gasteiger partial charge >= 0.3 is 0 Å². The summed E-state index contributed by atoms with van der Waals surface area (Å²) in [7, 11) is 2.15. The molecule has 0 aliphatic carbocycles. The van der Waals surface area contributed by atoms with Crippen LogP contribution in [0.1, 0.15) is 5.56 Å². The summed E-state index contributed by atoms with van der Waals surface area (Å²) < 4.78 is 4.68. The molecule has 0 bridgehead atoms. The van der Waals surface area contributed by atoms with E-state index in [1.54, 1.807) is 0 Å². The maximum Gasteiger partial charge on any atom is 0.229 e. The summed E-state index contributed by atoms with van der Waals surface area (Å²) in [6.45, 7) is 2.16. The van der Waals surface area contributed by atoms with Crippen LogP contribution in [0.4, 0.5) is 0 Å². The van der Waals surface area contributed by atoms with Gasteiger partial charge in [0.25, 0.3) is 0 Å². The van der Waals surface area contributed by atoms with Crippen molar-refractivity contribution in [3.63, 3.8) is 0 Å². The quantitative estimate of drug-likeness (QED) is 0.181. The van der Waals surface area contributed by atoms with Crippen LogP contribution in [0.25, 0.3) is 50.0 Å². The Hall–Kier alpha value is -3.07. The van der Waals surface area contributed by atoms with E-state index in [0.29, 0.717) is 0 Å². The zero-order valence-electron chi connectivity index (χ0n) is 19.3. The van der Waals surface area contributed by atoms with Crippen molar-refractivity contribution in [2.75, 3.05) is 0 Å². The minimum absolute atomic E-state index is 0. The van der Waals surface area contributed by atoms with E-state index < -0.39 is 0 Å². The van der Waals surface area contributed by atoms with Crippen molar-refractivity contribution in [3.8, 4) is 28.2 Å². The first-order valence-electron chi connectivity index (χ1n) is 11.2. The number of aryl methyl sites for hydroxylation is 2. The number of rotatable bonds is 3. The van der Waals surface area contributed by atoms with Crippen LogP contribution in [0.15, 0.2) is 103 Å². The SMILES string of the molecule is Cc1ccc(-c2[c-]cccc2)[c-]c1-c1n(-c2ccccc2)c2c3ccccc3ccc2[n+]1C.[Y]. The third kappa shape index (κ3) is 3.72. The molecule has 0 spiro atoms. The molecule has 2 nitrogen and oxygen atoms in total. The van der Waals surface area contributed by atoms with Gasteiger partial charge < -0.3 is 0 Å². The molecule has 161 valence electrons. The van der Waals surface area contributed by atoms with Crippen molar-refractivity contribution in [2.24, 2.45) is 7.05 Å². The van der Waals surface area contributed by atoms with Gasteiger partial charge in [-0.2, -0.15) is 42.0 Å². The average molecular weight is 512 g/mol. The van der Waals surface area contributed by atoms with E-state index in [9.17, 15) is 0 Å². The molecular formula is C31H23N2Y-. The number of para-hydroxylation sites is 1. The van der Waals surface area contributed by atoms with Crippen LogP contribution in [-0.4, -0.2) is 4.57 Å². The molecule has 0 unspecified atom stereocenters. The molecule has 0 fully saturated rings. The topological polar surface area (TPSA) is 8.81 Å². The van der Waals surface area contributed by atoms with Gasteiger partial charge in [-0.15, -0.1) is 17.7 Å². The predicted molar refractivity (Wildman–Crippen MR) is 135 cm³/mol. The zero-order chi connectivity index (χ0) is 22.4. The van der Waals surface area contributed by atoms with Crippen molar-refractivity contribution in [3.05, 3.63) is 121 Å². The second-order valence-corrected chi connectivity index (χ2v) is 8.41. The second-order valence-electron chi connectivity index (χ2n) is 8.41. The summed E-state index contributed by atoms with van der Waals surface area (Å²) in [6.07, 6.45) is 0. The zero-order valence-corrected chi connectivity index (χ0v) is 22.1. The van der Waals surface area contributed by atoms with Crippen molar-refractivity contribution in [1.82, 2.24) is 4.57 Å². The van der Waals surface area contributed by atoms with Crippen molar-refractivity contribution in [1.29, 1.82) is 0 Å². The number of fused-ring (bicyclic) bond motifs is 3. The van der Waals surface area contributed by atoms with E-state index in [-0.39, 0.29) is 32.7 Å². The molecule has 0 aliphatic rings. The third-order valence-electron chi connectivity index (χ3n) is 6.39. The maximum atomic E-state index is 3.73. The summed E-state index contributed by atoms with van der Waals surface area (Å²) in [5.41, 5.74) is 7.92. The number of aromatic nitrogens is 2. The van der Waals surface area contributed by atoms with Gasteiger partial charge in [0.15, 0.2) is 11.0 Å². The van der Waals surface area contributed by atoms with Crippen LogP contribution in [0.5, 0.6) is 0 Å². The molecule has 1 aromatic heterocycles. The predicted octanol–water partition coefficient (Wildman–Crippen LogP) is 6.85. The van der Waals surface area contributed by atoms with E-state index in [0.717, 1.165) is 28.2 Å². The maximum absolute atomic E-state index is 3.73. The number of hydrogen-bond acceptors (Lipinski definition) is 0. The first kappa shape index (κ1) is 22.7. The largest absolute Gasteiger partial charge is 0.258 e. The van der Waals surface area contributed by atoms with Crippen LogP contribution in [0.3, 0.4) is 0 Å². The number of imidazole rings is 1. The standard InChI is InChI=1S/C31H23N2.Y/c1-22-17-18-25(23-11-5-3-6-12-23)21-28(22)31-32(2)29-20-19-24-13-9-10-16-27(24)30(29)33(31)26-14-7-4-8-15-26;/h3-11,13-20H,1-2H3;/q-1;. The van der Waals surface area contributed by atoms with Gasteiger partial charge in [0.1, 0.15) is 5.69 Å². The molecule has 6 aromatic rings. The number of hydrogen-bond donors (Lipinski definition) is 0. The Labute approximate surface area is 225 Å². The Bertz CT molecular complexity index is 1620. The summed E-state index contributed by atoms with van der Waals surface area (Å²) in [5.74, 6) is 1.11. The summed E-state index contributed by atoms with van der Waals surface area (Å²) >= 11 is 0. The molecule has 0 atom stereocenters. The Balaban J connectivity index is 0.00000241. The molecule has 3 heteroatoms. The Kier molecular flexibility index (Phi) is 6.21. The fourth-order valence-corrected chi connectivity index (χ4v) is 4.74. The average Bonchev–Trinajstić information content (AvgIpc) is 3.18.